The first-order valence-electron chi connectivity index (χ1n) is 8.09. The molecule has 0 radical (unpaired) electrons. The maximum absolute atomic E-state index is 9.06. The van der Waals surface area contributed by atoms with Gasteiger partial charge in [0.25, 0.3) is 0 Å². The number of nitrogens with zero attached hydrogens (tertiary/aromatic N) is 2. The molecule has 1 heterocycles. The first-order chi connectivity index (χ1) is 10.7. The average Bonchev–Trinajstić information content (AvgIpc) is 2.82. The number of rotatable bonds is 8. The fourth-order valence-corrected chi connectivity index (χ4v) is 2.79. The summed E-state index contributed by atoms with van der Waals surface area (Å²) in [5, 5.41) is 17.3. The highest BCUT2D eigenvalue weighted by atomic mass is 16.3. The SMILES string of the molecule is CCC(CCO)CNCc1c(C)nn(-c2ccccc2)c1C. The van der Waals surface area contributed by atoms with E-state index in [0.29, 0.717) is 5.92 Å². The Morgan fingerprint density at radius 2 is 1.95 bits per heavy atom. The van der Waals surface area contributed by atoms with Crippen LogP contribution in [0.4, 0.5) is 0 Å². The molecule has 0 bridgehead atoms. The van der Waals surface area contributed by atoms with Crippen molar-refractivity contribution in [3.63, 3.8) is 0 Å². The number of para-hydroxylation sites is 1. The van der Waals surface area contributed by atoms with E-state index in [-0.39, 0.29) is 6.61 Å². The highest BCUT2D eigenvalue weighted by Gasteiger charge is 2.13. The molecule has 2 rings (SSSR count). The Bertz CT molecular complexity index is 578. The van der Waals surface area contributed by atoms with E-state index >= 15 is 0 Å². The lowest BCUT2D eigenvalue weighted by Gasteiger charge is -2.14. The molecule has 1 aromatic carbocycles. The summed E-state index contributed by atoms with van der Waals surface area (Å²) in [4.78, 5) is 0. The smallest absolute Gasteiger partial charge is 0.0648 e. The molecule has 22 heavy (non-hydrogen) atoms. The van der Waals surface area contributed by atoms with Crippen LogP contribution in [0.25, 0.3) is 5.69 Å². The molecule has 4 nitrogen and oxygen atoms in total. The predicted molar refractivity (Wildman–Crippen MR) is 90.2 cm³/mol. The number of hydrogen-bond acceptors (Lipinski definition) is 3. The van der Waals surface area contributed by atoms with E-state index < -0.39 is 0 Å². The van der Waals surface area contributed by atoms with Gasteiger partial charge in [0.15, 0.2) is 0 Å². The quantitative estimate of drug-likeness (QED) is 0.788. The first-order valence-corrected chi connectivity index (χ1v) is 8.09. The lowest BCUT2D eigenvalue weighted by molar-refractivity contribution is 0.251. The number of aliphatic hydroxyl groups is 1. The maximum atomic E-state index is 9.06. The van der Waals surface area contributed by atoms with Crippen molar-refractivity contribution in [1.29, 1.82) is 0 Å². The molecule has 0 aliphatic rings. The van der Waals surface area contributed by atoms with Crippen LogP contribution < -0.4 is 5.32 Å². The van der Waals surface area contributed by atoms with Gasteiger partial charge in [0.2, 0.25) is 0 Å². The van der Waals surface area contributed by atoms with Gasteiger partial charge in [-0.05, 0) is 44.9 Å². The van der Waals surface area contributed by atoms with E-state index in [4.69, 9.17) is 5.11 Å². The van der Waals surface area contributed by atoms with Gasteiger partial charge in [-0.25, -0.2) is 4.68 Å². The molecule has 0 aliphatic carbocycles. The molecule has 4 heteroatoms. The van der Waals surface area contributed by atoms with E-state index in [1.165, 1.54) is 11.3 Å². The topological polar surface area (TPSA) is 50.1 Å². The van der Waals surface area contributed by atoms with E-state index in [2.05, 4.69) is 43.3 Å². The van der Waals surface area contributed by atoms with E-state index in [0.717, 1.165) is 37.3 Å². The Balaban J connectivity index is 2.05. The third-order valence-corrected chi connectivity index (χ3v) is 4.29. The largest absolute Gasteiger partial charge is 0.396 e. The number of nitrogens with one attached hydrogen (secondary N) is 1. The van der Waals surface area contributed by atoms with Gasteiger partial charge < -0.3 is 10.4 Å². The molecule has 0 fully saturated rings. The van der Waals surface area contributed by atoms with Gasteiger partial charge in [-0.3, -0.25) is 0 Å². The molecule has 1 unspecified atom stereocenters. The van der Waals surface area contributed by atoms with Crippen molar-refractivity contribution in [3.8, 4) is 5.69 Å². The van der Waals surface area contributed by atoms with Crippen LogP contribution in [-0.2, 0) is 6.54 Å². The Morgan fingerprint density at radius 1 is 1.23 bits per heavy atom. The number of aromatic nitrogens is 2. The van der Waals surface area contributed by atoms with Crippen molar-refractivity contribution in [1.82, 2.24) is 15.1 Å². The van der Waals surface area contributed by atoms with Crippen molar-refractivity contribution in [2.24, 2.45) is 5.92 Å². The second-order valence-electron chi connectivity index (χ2n) is 5.81. The first kappa shape index (κ1) is 16.7. The maximum Gasteiger partial charge on any atom is 0.0648 e. The average molecular weight is 301 g/mol. The minimum atomic E-state index is 0.268. The van der Waals surface area contributed by atoms with Crippen LogP contribution in [0.1, 0.15) is 36.7 Å². The molecule has 2 aromatic rings. The Hall–Kier alpha value is -1.65. The summed E-state index contributed by atoms with van der Waals surface area (Å²) in [6.45, 7) is 8.39. The zero-order valence-corrected chi connectivity index (χ0v) is 13.8. The molecule has 120 valence electrons. The molecule has 2 N–H and O–H groups in total. The van der Waals surface area contributed by atoms with Crippen LogP contribution in [0.2, 0.25) is 0 Å². The van der Waals surface area contributed by atoms with Gasteiger partial charge >= 0.3 is 0 Å². The van der Waals surface area contributed by atoms with Crippen LogP contribution in [0.5, 0.6) is 0 Å². The van der Waals surface area contributed by atoms with E-state index in [1.807, 2.05) is 22.9 Å². The molecule has 1 aromatic heterocycles. The molecular weight excluding hydrogens is 274 g/mol. The van der Waals surface area contributed by atoms with Crippen LogP contribution in [0.3, 0.4) is 0 Å². The predicted octanol–water partition coefficient (Wildman–Crippen LogP) is 2.99. The van der Waals surface area contributed by atoms with Crippen LogP contribution in [0, 0.1) is 19.8 Å². The van der Waals surface area contributed by atoms with Crippen LogP contribution >= 0.6 is 0 Å². The van der Waals surface area contributed by atoms with Gasteiger partial charge in [-0.1, -0.05) is 31.5 Å². The van der Waals surface area contributed by atoms with Crippen LogP contribution in [0.15, 0.2) is 30.3 Å². The minimum absolute atomic E-state index is 0.268. The molecule has 0 spiro atoms. The fourth-order valence-electron chi connectivity index (χ4n) is 2.79. The normalized spacial score (nSPS) is 12.5. The van der Waals surface area contributed by atoms with Crippen molar-refractivity contribution in [2.45, 2.75) is 40.2 Å². The summed E-state index contributed by atoms with van der Waals surface area (Å²) in [6.07, 6.45) is 1.96. The Kier molecular flexibility index (Phi) is 6.16. The minimum Gasteiger partial charge on any atom is -0.396 e. The van der Waals surface area contributed by atoms with Crippen molar-refractivity contribution >= 4 is 0 Å². The van der Waals surface area contributed by atoms with Gasteiger partial charge in [0.1, 0.15) is 0 Å². The van der Waals surface area contributed by atoms with Crippen LogP contribution in [-0.4, -0.2) is 28.0 Å². The lowest BCUT2D eigenvalue weighted by Crippen LogP contribution is -2.23. The summed E-state index contributed by atoms with van der Waals surface area (Å²) >= 11 is 0. The highest BCUT2D eigenvalue weighted by molar-refractivity contribution is 5.36. The van der Waals surface area contributed by atoms with Gasteiger partial charge in [-0.15, -0.1) is 0 Å². The summed E-state index contributed by atoms with van der Waals surface area (Å²) in [6, 6.07) is 10.2. The number of hydrogen-bond donors (Lipinski definition) is 2. The number of aryl methyl sites for hydroxylation is 1. The molecule has 0 amide bonds. The lowest BCUT2D eigenvalue weighted by atomic mass is 10.0. The second kappa shape index (κ2) is 8.11. The standard InChI is InChI=1S/C18H27N3O/c1-4-16(10-11-22)12-19-13-18-14(2)20-21(15(18)3)17-8-6-5-7-9-17/h5-9,16,19,22H,4,10-13H2,1-3H3. The third kappa shape index (κ3) is 3.96. The zero-order valence-electron chi connectivity index (χ0n) is 13.8. The van der Waals surface area contributed by atoms with E-state index in [1.54, 1.807) is 0 Å². The number of benzene rings is 1. The summed E-state index contributed by atoms with van der Waals surface area (Å²) in [7, 11) is 0. The monoisotopic (exact) mass is 301 g/mol. The van der Waals surface area contributed by atoms with E-state index in [9.17, 15) is 0 Å². The van der Waals surface area contributed by atoms with Gasteiger partial charge in [0, 0.05) is 24.4 Å². The van der Waals surface area contributed by atoms with Crippen molar-refractivity contribution in [3.05, 3.63) is 47.3 Å². The summed E-state index contributed by atoms with van der Waals surface area (Å²) in [5.74, 6) is 0.537. The summed E-state index contributed by atoms with van der Waals surface area (Å²) < 4.78 is 2.01. The summed E-state index contributed by atoms with van der Waals surface area (Å²) in [5.41, 5.74) is 4.62. The zero-order chi connectivity index (χ0) is 15.9. The molecule has 1 atom stereocenters. The Labute approximate surface area is 133 Å². The number of aliphatic hydroxyl groups excluding tert-OH is 1. The van der Waals surface area contributed by atoms with Gasteiger partial charge in [-0.2, -0.15) is 5.10 Å². The van der Waals surface area contributed by atoms with Gasteiger partial charge in [0.05, 0.1) is 11.4 Å². The third-order valence-electron chi connectivity index (χ3n) is 4.29. The van der Waals surface area contributed by atoms with Crippen molar-refractivity contribution in [2.75, 3.05) is 13.2 Å². The second-order valence-corrected chi connectivity index (χ2v) is 5.81. The van der Waals surface area contributed by atoms with Crippen molar-refractivity contribution < 1.29 is 5.11 Å². The highest BCUT2D eigenvalue weighted by Crippen LogP contribution is 2.18. The molecule has 0 aliphatic heterocycles. The Morgan fingerprint density at radius 3 is 2.59 bits per heavy atom. The molecule has 0 saturated carbocycles. The molecule has 0 saturated heterocycles. The molecular formula is C18H27N3O. The fraction of sp³-hybridized carbons (Fsp3) is 0.500.